The summed E-state index contributed by atoms with van der Waals surface area (Å²) in [5.41, 5.74) is 4.19. The molecule has 0 aliphatic heterocycles. The Morgan fingerprint density at radius 1 is 1.04 bits per heavy atom. The molecule has 1 aromatic heterocycles. The average Bonchev–Trinajstić information content (AvgIpc) is 2.99. The predicted octanol–water partition coefficient (Wildman–Crippen LogP) is 3.02. The van der Waals surface area contributed by atoms with E-state index in [0.29, 0.717) is 17.8 Å². The summed E-state index contributed by atoms with van der Waals surface area (Å²) in [5, 5.41) is 6.45. The van der Waals surface area contributed by atoms with Gasteiger partial charge in [0.15, 0.2) is 0 Å². The first kappa shape index (κ1) is 15.8. The van der Waals surface area contributed by atoms with Crippen molar-refractivity contribution in [3.05, 3.63) is 65.4 Å². The van der Waals surface area contributed by atoms with E-state index < -0.39 is 0 Å². The molecule has 0 atom stereocenters. The van der Waals surface area contributed by atoms with Gasteiger partial charge in [-0.15, -0.1) is 0 Å². The Balaban J connectivity index is 1.72. The third-order valence-corrected chi connectivity index (χ3v) is 3.88. The molecule has 3 N–H and O–H groups in total. The predicted molar refractivity (Wildman–Crippen MR) is 95.2 cm³/mol. The number of carbonyl (C=O) groups is 2. The SMILES string of the molecule is CNC(=O)Cc1ccc(NC(=O)c2cc3ccc(C)cc3[nH]2)cc1. The van der Waals surface area contributed by atoms with Crippen LogP contribution in [-0.2, 0) is 11.2 Å². The number of aromatic amines is 1. The number of aromatic nitrogens is 1. The largest absolute Gasteiger partial charge is 0.359 e. The van der Waals surface area contributed by atoms with E-state index in [4.69, 9.17) is 0 Å². The van der Waals surface area contributed by atoms with E-state index >= 15 is 0 Å². The molecule has 0 radical (unpaired) electrons. The molecule has 0 aliphatic carbocycles. The van der Waals surface area contributed by atoms with Crippen molar-refractivity contribution >= 4 is 28.4 Å². The third-order valence-electron chi connectivity index (χ3n) is 3.88. The van der Waals surface area contributed by atoms with Gasteiger partial charge in [-0.05, 0) is 42.3 Å². The monoisotopic (exact) mass is 321 g/mol. The van der Waals surface area contributed by atoms with Gasteiger partial charge in [-0.1, -0.05) is 24.3 Å². The number of carbonyl (C=O) groups excluding carboxylic acids is 2. The van der Waals surface area contributed by atoms with E-state index in [1.54, 1.807) is 19.2 Å². The molecule has 0 fully saturated rings. The highest BCUT2D eigenvalue weighted by atomic mass is 16.2. The van der Waals surface area contributed by atoms with Crippen LogP contribution in [0.25, 0.3) is 10.9 Å². The number of H-pyrrole nitrogens is 1. The summed E-state index contributed by atoms with van der Waals surface area (Å²) >= 11 is 0. The van der Waals surface area contributed by atoms with Gasteiger partial charge in [0.1, 0.15) is 5.69 Å². The summed E-state index contributed by atoms with van der Waals surface area (Å²) in [6, 6.07) is 15.1. The minimum Gasteiger partial charge on any atom is -0.359 e. The van der Waals surface area contributed by atoms with Crippen LogP contribution < -0.4 is 10.6 Å². The molecule has 0 bridgehead atoms. The second-order valence-electron chi connectivity index (χ2n) is 5.77. The highest BCUT2D eigenvalue weighted by Crippen LogP contribution is 2.18. The average molecular weight is 321 g/mol. The number of aryl methyl sites for hydroxylation is 1. The van der Waals surface area contributed by atoms with E-state index in [-0.39, 0.29) is 11.8 Å². The van der Waals surface area contributed by atoms with Gasteiger partial charge in [0.2, 0.25) is 5.91 Å². The smallest absolute Gasteiger partial charge is 0.272 e. The van der Waals surface area contributed by atoms with Crippen molar-refractivity contribution in [2.45, 2.75) is 13.3 Å². The van der Waals surface area contributed by atoms with Crippen molar-refractivity contribution in [1.29, 1.82) is 0 Å². The Kier molecular flexibility index (Phi) is 4.33. The van der Waals surface area contributed by atoms with Gasteiger partial charge in [-0.2, -0.15) is 0 Å². The number of hydrogen-bond acceptors (Lipinski definition) is 2. The Morgan fingerprint density at radius 2 is 1.79 bits per heavy atom. The molecule has 0 aliphatic rings. The molecule has 0 unspecified atom stereocenters. The molecule has 1 heterocycles. The molecule has 0 saturated heterocycles. The van der Waals surface area contributed by atoms with Crippen LogP contribution in [0.1, 0.15) is 21.6 Å². The molecule has 5 nitrogen and oxygen atoms in total. The molecular weight excluding hydrogens is 302 g/mol. The van der Waals surface area contributed by atoms with Gasteiger partial charge < -0.3 is 15.6 Å². The zero-order valence-corrected chi connectivity index (χ0v) is 13.6. The van der Waals surface area contributed by atoms with Crippen LogP contribution in [0.2, 0.25) is 0 Å². The summed E-state index contributed by atoms with van der Waals surface area (Å²) in [6.45, 7) is 2.01. The lowest BCUT2D eigenvalue weighted by atomic mass is 10.1. The zero-order valence-electron chi connectivity index (χ0n) is 13.6. The second kappa shape index (κ2) is 6.58. The number of nitrogens with one attached hydrogen (secondary N) is 3. The lowest BCUT2D eigenvalue weighted by Gasteiger charge is -2.05. The van der Waals surface area contributed by atoms with E-state index in [9.17, 15) is 9.59 Å². The summed E-state index contributed by atoms with van der Waals surface area (Å²) < 4.78 is 0. The van der Waals surface area contributed by atoms with Crippen LogP contribution in [0, 0.1) is 6.92 Å². The number of fused-ring (bicyclic) bond motifs is 1. The van der Waals surface area contributed by atoms with Crippen LogP contribution in [0.4, 0.5) is 5.69 Å². The highest BCUT2D eigenvalue weighted by Gasteiger charge is 2.10. The van der Waals surface area contributed by atoms with Gasteiger partial charge in [-0.3, -0.25) is 9.59 Å². The molecule has 24 heavy (non-hydrogen) atoms. The Bertz CT molecular complexity index is 895. The Labute approximate surface area is 140 Å². The third kappa shape index (κ3) is 3.46. The van der Waals surface area contributed by atoms with E-state index in [1.165, 1.54) is 0 Å². The van der Waals surface area contributed by atoms with E-state index in [1.807, 2.05) is 43.3 Å². The molecule has 2 aromatic carbocycles. The molecule has 122 valence electrons. The maximum absolute atomic E-state index is 12.4. The zero-order chi connectivity index (χ0) is 17.1. The van der Waals surface area contributed by atoms with Gasteiger partial charge in [0.05, 0.1) is 6.42 Å². The summed E-state index contributed by atoms with van der Waals surface area (Å²) in [4.78, 5) is 26.9. The number of anilines is 1. The fourth-order valence-electron chi connectivity index (χ4n) is 2.54. The number of likely N-dealkylation sites (N-methyl/N-ethyl adjacent to an activating group) is 1. The fraction of sp³-hybridized carbons (Fsp3) is 0.158. The van der Waals surface area contributed by atoms with Crippen LogP contribution in [-0.4, -0.2) is 23.8 Å². The fourth-order valence-corrected chi connectivity index (χ4v) is 2.54. The van der Waals surface area contributed by atoms with E-state index in [2.05, 4.69) is 15.6 Å². The molecule has 3 aromatic rings. The Hall–Kier alpha value is -3.08. The lowest BCUT2D eigenvalue weighted by molar-refractivity contribution is -0.119. The first-order valence-electron chi connectivity index (χ1n) is 7.75. The van der Waals surface area contributed by atoms with Crippen molar-refractivity contribution in [1.82, 2.24) is 10.3 Å². The van der Waals surface area contributed by atoms with Crippen molar-refractivity contribution in [2.75, 3.05) is 12.4 Å². The van der Waals surface area contributed by atoms with Crippen LogP contribution in [0.15, 0.2) is 48.5 Å². The van der Waals surface area contributed by atoms with Crippen LogP contribution >= 0.6 is 0 Å². The lowest BCUT2D eigenvalue weighted by Crippen LogP contribution is -2.19. The minimum atomic E-state index is -0.192. The summed E-state index contributed by atoms with van der Waals surface area (Å²) in [5.74, 6) is -0.233. The number of amides is 2. The van der Waals surface area contributed by atoms with Crippen LogP contribution in [0.5, 0.6) is 0 Å². The van der Waals surface area contributed by atoms with Crippen molar-refractivity contribution < 1.29 is 9.59 Å². The molecule has 3 rings (SSSR count). The summed E-state index contributed by atoms with van der Waals surface area (Å²) in [7, 11) is 1.61. The normalized spacial score (nSPS) is 10.6. The minimum absolute atomic E-state index is 0.0415. The number of benzene rings is 2. The molecular formula is C19H19N3O2. The molecule has 0 saturated carbocycles. The van der Waals surface area contributed by atoms with Crippen molar-refractivity contribution in [3.8, 4) is 0 Å². The molecule has 5 heteroatoms. The van der Waals surface area contributed by atoms with E-state index in [0.717, 1.165) is 22.0 Å². The van der Waals surface area contributed by atoms with Crippen molar-refractivity contribution in [2.24, 2.45) is 0 Å². The first-order valence-corrected chi connectivity index (χ1v) is 7.75. The van der Waals surface area contributed by atoms with Crippen molar-refractivity contribution in [3.63, 3.8) is 0 Å². The first-order chi connectivity index (χ1) is 11.5. The molecule has 0 spiro atoms. The highest BCUT2D eigenvalue weighted by molar-refractivity contribution is 6.06. The van der Waals surface area contributed by atoms with Gasteiger partial charge in [-0.25, -0.2) is 0 Å². The Morgan fingerprint density at radius 3 is 2.50 bits per heavy atom. The second-order valence-corrected chi connectivity index (χ2v) is 5.77. The maximum Gasteiger partial charge on any atom is 0.272 e. The summed E-state index contributed by atoms with van der Waals surface area (Å²) in [6.07, 6.45) is 0.325. The number of rotatable bonds is 4. The van der Waals surface area contributed by atoms with Gasteiger partial charge in [0, 0.05) is 23.6 Å². The maximum atomic E-state index is 12.4. The number of hydrogen-bond donors (Lipinski definition) is 3. The topological polar surface area (TPSA) is 74.0 Å². The van der Waals surface area contributed by atoms with Gasteiger partial charge in [0.25, 0.3) is 5.91 Å². The standard InChI is InChI=1S/C19H19N3O2/c1-12-3-6-14-11-17(22-16(14)9-12)19(24)21-15-7-4-13(5-8-15)10-18(23)20-2/h3-9,11,22H,10H2,1-2H3,(H,20,23)(H,21,24). The van der Waals surface area contributed by atoms with Gasteiger partial charge >= 0.3 is 0 Å². The quantitative estimate of drug-likeness (QED) is 0.691. The molecule has 2 amide bonds. The van der Waals surface area contributed by atoms with Crippen LogP contribution in [0.3, 0.4) is 0 Å².